The second-order valence-corrected chi connectivity index (χ2v) is 7.91. The van der Waals surface area contributed by atoms with E-state index in [0.717, 1.165) is 50.9 Å². The molecule has 6 nitrogen and oxygen atoms in total. The van der Waals surface area contributed by atoms with E-state index in [4.69, 9.17) is 0 Å². The highest BCUT2D eigenvalue weighted by Crippen LogP contribution is 2.23. The Morgan fingerprint density at radius 2 is 1.95 bits per heavy atom. The predicted molar refractivity (Wildman–Crippen MR) is 81.6 cm³/mol. The van der Waals surface area contributed by atoms with Crippen LogP contribution in [0.5, 0.6) is 0 Å². The molecule has 0 amide bonds. The molecular formula is C14H22N4O2S. The highest BCUT2D eigenvalue weighted by molar-refractivity contribution is 7.90. The molecule has 7 heteroatoms. The zero-order valence-corrected chi connectivity index (χ0v) is 12.9. The Kier molecular flexibility index (Phi) is 4.40. The highest BCUT2D eigenvalue weighted by atomic mass is 32.2. The number of aromatic nitrogens is 2. The van der Waals surface area contributed by atoms with Gasteiger partial charge >= 0.3 is 0 Å². The SMILES string of the molecule is O=S(=O)(NC1CCCC1)[C@H]1CCCN(c2cnccn2)C1. The summed E-state index contributed by atoms with van der Waals surface area (Å²) in [5.74, 6) is 0.762. The van der Waals surface area contributed by atoms with Gasteiger partial charge in [-0.05, 0) is 25.7 Å². The maximum atomic E-state index is 12.5. The van der Waals surface area contributed by atoms with Gasteiger partial charge in [0.1, 0.15) is 5.82 Å². The van der Waals surface area contributed by atoms with E-state index in [-0.39, 0.29) is 11.3 Å². The molecule has 1 aliphatic carbocycles. The molecule has 0 radical (unpaired) electrons. The van der Waals surface area contributed by atoms with Crippen molar-refractivity contribution in [1.29, 1.82) is 0 Å². The number of anilines is 1. The molecule has 2 aliphatic rings. The largest absolute Gasteiger partial charge is 0.354 e. The zero-order chi connectivity index (χ0) is 14.7. The Morgan fingerprint density at radius 1 is 1.14 bits per heavy atom. The van der Waals surface area contributed by atoms with E-state index in [0.29, 0.717) is 6.54 Å². The Balaban J connectivity index is 1.67. The molecule has 116 valence electrons. The summed E-state index contributed by atoms with van der Waals surface area (Å²) in [4.78, 5) is 10.4. The van der Waals surface area contributed by atoms with Crippen LogP contribution < -0.4 is 9.62 Å². The molecule has 1 aliphatic heterocycles. The Hall–Kier alpha value is -1.21. The van der Waals surface area contributed by atoms with Crippen molar-refractivity contribution < 1.29 is 8.42 Å². The third kappa shape index (κ3) is 3.52. The van der Waals surface area contributed by atoms with Gasteiger partial charge in [-0.3, -0.25) is 4.98 Å². The number of hydrogen-bond acceptors (Lipinski definition) is 5. The van der Waals surface area contributed by atoms with Crippen LogP contribution in [0.2, 0.25) is 0 Å². The molecule has 1 aromatic heterocycles. The lowest BCUT2D eigenvalue weighted by Gasteiger charge is -2.33. The Bertz CT molecular complexity index is 558. The van der Waals surface area contributed by atoms with E-state index in [9.17, 15) is 8.42 Å². The van der Waals surface area contributed by atoms with Crippen molar-refractivity contribution >= 4 is 15.8 Å². The first-order valence-electron chi connectivity index (χ1n) is 7.67. The van der Waals surface area contributed by atoms with Crippen LogP contribution >= 0.6 is 0 Å². The molecular weight excluding hydrogens is 288 g/mol. The lowest BCUT2D eigenvalue weighted by molar-refractivity contribution is 0.505. The summed E-state index contributed by atoms with van der Waals surface area (Å²) in [7, 11) is -3.25. The first kappa shape index (κ1) is 14.7. The third-order valence-electron chi connectivity index (χ3n) is 4.38. The fourth-order valence-electron chi connectivity index (χ4n) is 3.23. The minimum Gasteiger partial charge on any atom is -0.354 e. The lowest BCUT2D eigenvalue weighted by atomic mass is 10.1. The topological polar surface area (TPSA) is 75.2 Å². The first-order chi connectivity index (χ1) is 10.1. The average Bonchev–Trinajstić information content (AvgIpc) is 3.00. The van der Waals surface area contributed by atoms with E-state index in [1.54, 1.807) is 18.6 Å². The van der Waals surface area contributed by atoms with Gasteiger partial charge in [-0.25, -0.2) is 18.1 Å². The van der Waals surface area contributed by atoms with Crippen LogP contribution in [0.25, 0.3) is 0 Å². The third-order valence-corrected chi connectivity index (χ3v) is 6.30. The van der Waals surface area contributed by atoms with E-state index in [2.05, 4.69) is 14.7 Å². The minimum absolute atomic E-state index is 0.141. The molecule has 2 heterocycles. The smallest absolute Gasteiger partial charge is 0.216 e. The number of nitrogens with one attached hydrogen (secondary N) is 1. The fourth-order valence-corrected chi connectivity index (χ4v) is 4.97. The summed E-state index contributed by atoms with van der Waals surface area (Å²) in [5.41, 5.74) is 0. The van der Waals surface area contributed by atoms with Gasteiger partial charge in [-0.1, -0.05) is 12.8 Å². The van der Waals surface area contributed by atoms with Crippen molar-refractivity contribution in [2.24, 2.45) is 0 Å². The van der Waals surface area contributed by atoms with Crippen molar-refractivity contribution in [3.63, 3.8) is 0 Å². The molecule has 0 bridgehead atoms. The van der Waals surface area contributed by atoms with Gasteiger partial charge in [0.15, 0.2) is 0 Å². The van der Waals surface area contributed by atoms with E-state index < -0.39 is 10.0 Å². The standard InChI is InChI=1S/C14H22N4O2S/c19-21(20,17-12-4-1-2-5-12)13-6-3-9-18(11-13)14-10-15-7-8-16-14/h7-8,10,12-13,17H,1-6,9,11H2/t13-/m0/s1. The number of hydrogen-bond donors (Lipinski definition) is 1. The molecule has 1 saturated heterocycles. The van der Waals surface area contributed by atoms with Crippen LogP contribution in [0, 0.1) is 0 Å². The van der Waals surface area contributed by atoms with Gasteiger partial charge in [0.25, 0.3) is 0 Å². The maximum absolute atomic E-state index is 12.5. The summed E-state index contributed by atoms with van der Waals surface area (Å²) in [6.07, 6.45) is 10.8. The van der Waals surface area contributed by atoms with Crippen LogP contribution in [0.15, 0.2) is 18.6 Å². The molecule has 1 N–H and O–H groups in total. The molecule has 2 fully saturated rings. The minimum atomic E-state index is -3.25. The highest BCUT2D eigenvalue weighted by Gasteiger charge is 2.33. The normalized spacial score (nSPS) is 24.4. The van der Waals surface area contributed by atoms with Crippen LogP contribution in [0.3, 0.4) is 0 Å². The molecule has 21 heavy (non-hydrogen) atoms. The van der Waals surface area contributed by atoms with Gasteiger partial charge < -0.3 is 4.90 Å². The van der Waals surface area contributed by atoms with Gasteiger partial charge in [-0.2, -0.15) is 0 Å². The van der Waals surface area contributed by atoms with E-state index in [1.165, 1.54) is 0 Å². The van der Waals surface area contributed by atoms with E-state index >= 15 is 0 Å². The number of nitrogens with zero attached hydrogens (tertiary/aromatic N) is 3. The molecule has 1 atom stereocenters. The second-order valence-electron chi connectivity index (χ2n) is 5.92. The summed E-state index contributed by atoms with van der Waals surface area (Å²) in [6, 6.07) is 0.141. The van der Waals surface area contributed by atoms with Gasteiger partial charge in [-0.15, -0.1) is 0 Å². The van der Waals surface area contributed by atoms with Gasteiger partial charge in [0.05, 0.1) is 11.4 Å². The molecule has 3 rings (SSSR count). The first-order valence-corrected chi connectivity index (χ1v) is 9.22. The van der Waals surface area contributed by atoms with Crippen LogP contribution in [0.4, 0.5) is 5.82 Å². The fraction of sp³-hybridized carbons (Fsp3) is 0.714. The molecule has 0 unspecified atom stereocenters. The molecule has 0 aromatic carbocycles. The second kappa shape index (κ2) is 6.27. The van der Waals surface area contributed by atoms with Crippen LogP contribution in [-0.2, 0) is 10.0 Å². The summed E-state index contributed by atoms with van der Waals surface area (Å²) in [5, 5.41) is -0.353. The van der Waals surface area contributed by atoms with E-state index in [1.807, 2.05) is 4.90 Å². The van der Waals surface area contributed by atoms with Gasteiger partial charge in [0.2, 0.25) is 10.0 Å². The molecule has 1 aromatic rings. The van der Waals surface area contributed by atoms with Crippen molar-refractivity contribution in [3.05, 3.63) is 18.6 Å². The number of sulfonamides is 1. The Labute approximate surface area is 126 Å². The summed E-state index contributed by atoms with van der Waals surface area (Å²) < 4.78 is 28.0. The molecule has 1 saturated carbocycles. The monoisotopic (exact) mass is 310 g/mol. The predicted octanol–water partition coefficient (Wildman–Crippen LogP) is 1.31. The average molecular weight is 310 g/mol. The lowest BCUT2D eigenvalue weighted by Crippen LogP contribution is -2.48. The maximum Gasteiger partial charge on any atom is 0.216 e. The van der Waals surface area contributed by atoms with Crippen molar-refractivity contribution in [2.45, 2.75) is 49.8 Å². The number of piperidine rings is 1. The van der Waals surface area contributed by atoms with Crippen molar-refractivity contribution in [3.8, 4) is 0 Å². The zero-order valence-electron chi connectivity index (χ0n) is 12.1. The van der Waals surface area contributed by atoms with Crippen molar-refractivity contribution in [1.82, 2.24) is 14.7 Å². The summed E-state index contributed by atoms with van der Waals surface area (Å²) >= 11 is 0. The van der Waals surface area contributed by atoms with Crippen LogP contribution in [0.1, 0.15) is 38.5 Å². The van der Waals surface area contributed by atoms with Crippen molar-refractivity contribution in [2.75, 3.05) is 18.0 Å². The summed E-state index contributed by atoms with van der Waals surface area (Å²) in [6.45, 7) is 1.34. The molecule has 0 spiro atoms. The van der Waals surface area contributed by atoms with Gasteiger partial charge in [0, 0.05) is 31.5 Å². The quantitative estimate of drug-likeness (QED) is 0.907. The number of rotatable bonds is 4. The van der Waals surface area contributed by atoms with Crippen LogP contribution in [-0.4, -0.2) is 42.8 Å². The Morgan fingerprint density at radius 3 is 2.67 bits per heavy atom.